The zero-order valence-electron chi connectivity index (χ0n) is 17.4. The van der Waals surface area contributed by atoms with Crippen molar-refractivity contribution in [1.82, 2.24) is 0 Å². The highest BCUT2D eigenvalue weighted by molar-refractivity contribution is 6.09. The molecule has 0 aromatic heterocycles. The summed E-state index contributed by atoms with van der Waals surface area (Å²) in [5.74, 6) is 0.308. The van der Waals surface area contributed by atoms with E-state index in [1.54, 1.807) is 54.6 Å². The summed E-state index contributed by atoms with van der Waals surface area (Å²) in [6.45, 7) is 2.08. The van der Waals surface area contributed by atoms with Crippen molar-refractivity contribution in [2.45, 2.75) is 51.6 Å². The molecule has 0 aliphatic rings. The largest absolute Gasteiger partial charge is 0.497 e. The van der Waals surface area contributed by atoms with E-state index >= 15 is 0 Å². The SMILES string of the molecule is CCCCCCC(=C=C(CC(F)(F)F)c1ccccc1)C(=O)c1ccc(OC)cc1. The van der Waals surface area contributed by atoms with Crippen molar-refractivity contribution in [3.05, 3.63) is 77.0 Å². The van der Waals surface area contributed by atoms with Gasteiger partial charge in [-0.25, -0.2) is 0 Å². The van der Waals surface area contributed by atoms with Gasteiger partial charge in [0, 0.05) is 16.7 Å². The first kappa shape index (κ1) is 23.5. The third-order valence-corrected chi connectivity index (χ3v) is 4.71. The second kappa shape index (κ2) is 11.4. The van der Waals surface area contributed by atoms with Gasteiger partial charge in [0.25, 0.3) is 0 Å². The number of halogens is 3. The first-order valence-electron chi connectivity index (χ1n) is 10.1. The number of Topliss-reactive ketones (excluding diaryl/α,β-unsaturated/α-hetero) is 1. The predicted molar refractivity (Wildman–Crippen MR) is 114 cm³/mol. The number of methoxy groups -OCH3 is 1. The van der Waals surface area contributed by atoms with E-state index in [4.69, 9.17) is 4.74 Å². The molecule has 2 aromatic carbocycles. The summed E-state index contributed by atoms with van der Waals surface area (Å²) in [4.78, 5) is 13.1. The Morgan fingerprint density at radius 1 is 0.933 bits per heavy atom. The minimum Gasteiger partial charge on any atom is -0.497 e. The molecule has 30 heavy (non-hydrogen) atoms. The fourth-order valence-corrected chi connectivity index (χ4v) is 3.12. The van der Waals surface area contributed by atoms with Gasteiger partial charge in [-0.15, -0.1) is 5.73 Å². The van der Waals surface area contributed by atoms with Gasteiger partial charge in [0.2, 0.25) is 0 Å². The van der Waals surface area contributed by atoms with Crippen LogP contribution in [0.2, 0.25) is 0 Å². The maximum atomic E-state index is 13.2. The van der Waals surface area contributed by atoms with Crippen LogP contribution >= 0.6 is 0 Å². The van der Waals surface area contributed by atoms with Gasteiger partial charge in [-0.1, -0.05) is 56.5 Å². The summed E-state index contributed by atoms with van der Waals surface area (Å²) in [6, 6.07) is 14.9. The van der Waals surface area contributed by atoms with E-state index in [1.807, 2.05) is 0 Å². The van der Waals surface area contributed by atoms with Crippen molar-refractivity contribution < 1.29 is 22.7 Å². The third-order valence-electron chi connectivity index (χ3n) is 4.71. The van der Waals surface area contributed by atoms with Gasteiger partial charge >= 0.3 is 6.18 Å². The molecule has 0 amide bonds. The molecule has 0 bridgehead atoms. The Kier molecular flexibility index (Phi) is 8.94. The molecular weight excluding hydrogens is 389 g/mol. The fourth-order valence-electron chi connectivity index (χ4n) is 3.12. The van der Waals surface area contributed by atoms with Crippen LogP contribution in [-0.4, -0.2) is 19.1 Å². The minimum absolute atomic E-state index is 0.0181. The highest BCUT2D eigenvalue weighted by atomic mass is 19.4. The molecule has 2 rings (SSSR count). The molecule has 0 fully saturated rings. The standard InChI is InChI=1S/C25H27F3O2/c1-3-4-5-7-12-21(24(29)20-13-15-23(30-2)16-14-20)17-22(18-25(26,27)28)19-10-8-6-9-11-19/h6,8-11,13-16H,3-5,7,12,18H2,1-2H3. The van der Waals surface area contributed by atoms with E-state index in [2.05, 4.69) is 12.7 Å². The molecule has 0 radical (unpaired) electrons. The summed E-state index contributed by atoms with van der Waals surface area (Å²) < 4.78 is 44.8. The summed E-state index contributed by atoms with van der Waals surface area (Å²) in [5.41, 5.74) is 3.95. The number of benzene rings is 2. The Balaban J connectivity index is 2.51. The summed E-state index contributed by atoms with van der Waals surface area (Å²) in [5, 5.41) is 0. The highest BCUT2D eigenvalue weighted by Gasteiger charge is 2.29. The second-order valence-electron chi connectivity index (χ2n) is 7.11. The molecule has 2 aromatic rings. The van der Waals surface area contributed by atoms with Crippen molar-refractivity contribution in [2.24, 2.45) is 0 Å². The monoisotopic (exact) mass is 416 g/mol. The zero-order valence-corrected chi connectivity index (χ0v) is 17.4. The zero-order chi connectivity index (χ0) is 22.0. The maximum Gasteiger partial charge on any atom is 0.393 e. The van der Waals surface area contributed by atoms with E-state index < -0.39 is 12.6 Å². The number of alkyl halides is 3. The molecule has 5 heteroatoms. The Morgan fingerprint density at radius 3 is 2.17 bits per heavy atom. The summed E-state index contributed by atoms with van der Waals surface area (Å²) >= 11 is 0. The topological polar surface area (TPSA) is 26.3 Å². The van der Waals surface area contributed by atoms with Gasteiger partial charge in [0.15, 0.2) is 5.78 Å². The Bertz CT molecular complexity index is 875. The molecule has 0 aliphatic carbocycles. The number of allylic oxidation sites excluding steroid dienone is 1. The van der Waals surface area contributed by atoms with E-state index in [9.17, 15) is 18.0 Å². The van der Waals surface area contributed by atoms with Crippen LogP contribution in [0.4, 0.5) is 13.2 Å². The summed E-state index contributed by atoms with van der Waals surface area (Å²) in [7, 11) is 1.53. The van der Waals surface area contributed by atoms with Gasteiger partial charge in [-0.05, 0) is 42.7 Å². The lowest BCUT2D eigenvalue weighted by Crippen LogP contribution is -2.09. The van der Waals surface area contributed by atoms with Crippen molar-refractivity contribution in [3.8, 4) is 5.75 Å². The molecule has 0 saturated carbocycles. The van der Waals surface area contributed by atoms with Crippen molar-refractivity contribution >= 4 is 11.4 Å². The normalized spacial score (nSPS) is 11.0. The number of carbonyl (C=O) groups excluding carboxylic acids is 1. The molecule has 0 unspecified atom stereocenters. The number of unbranched alkanes of at least 4 members (excludes halogenated alkanes) is 3. The molecule has 0 spiro atoms. The molecule has 0 saturated heterocycles. The number of hydrogen-bond donors (Lipinski definition) is 0. The van der Waals surface area contributed by atoms with Crippen LogP contribution in [0.3, 0.4) is 0 Å². The van der Waals surface area contributed by atoms with Crippen molar-refractivity contribution in [3.63, 3.8) is 0 Å². The number of ether oxygens (including phenoxy) is 1. The van der Waals surface area contributed by atoms with Crippen LogP contribution < -0.4 is 4.74 Å². The first-order valence-corrected chi connectivity index (χ1v) is 10.1. The molecule has 160 valence electrons. The number of hydrogen-bond acceptors (Lipinski definition) is 2. The van der Waals surface area contributed by atoms with Crippen LogP contribution in [0.5, 0.6) is 5.75 Å². The second-order valence-corrected chi connectivity index (χ2v) is 7.11. The predicted octanol–water partition coefficient (Wildman–Crippen LogP) is 7.41. The molecule has 0 N–H and O–H groups in total. The molecule has 0 heterocycles. The average molecular weight is 416 g/mol. The van der Waals surface area contributed by atoms with Crippen LogP contribution in [-0.2, 0) is 0 Å². The molecular formula is C25H27F3O2. The average Bonchev–Trinajstić information content (AvgIpc) is 2.74. The van der Waals surface area contributed by atoms with Crippen molar-refractivity contribution in [1.29, 1.82) is 0 Å². The maximum absolute atomic E-state index is 13.2. The molecule has 2 nitrogen and oxygen atoms in total. The lowest BCUT2D eigenvalue weighted by molar-refractivity contribution is -0.122. The van der Waals surface area contributed by atoms with E-state index in [-0.39, 0.29) is 16.9 Å². The minimum atomic E-state index is -4.39. The van der Waals surface area contributed by atoms with E-state index in [0.717, 1.165) is 25.7 Å². The van der Waals surface area contributed by atoms with E-state index in [1.165, 1.54) is 7.11 Å². The van der Waals surface area contributed by atoms with Gasteiger partial charge in [0.05, 0.1) is 13.5 Å². The number of ketones is 1. The van der Waals surface area contributed by atoms with Crippen LogP contribution in [0, 0.1) is 0 Å². The van der Waals surface area contributed by atoms with Gasteiger partial charge in [-0.2, -0.15) is 13.2 Å². The van der Waals surface area contributed by atoms with Gasteiger partial charge in [-0.3, -0.25) is 4.79 Å². The highest BCUT2D eigenvalue weighted by Crippen LogP contribution is 2.31. The lowest BCUT2D eigenvalue weighted by Gasteiger charge is -2.11. The Labute approximate surface area is 176 Å². The van der Waals surface area contributed by atoms with Gasteiger partial charge < -0.3 is 4.74 Å². The number of carbonyl (C=O) groups is 1. The first-order chi connectivity index (χ1) is 14.3. The van der Waals surface area contributed by atoms with Crippen LogP contribution in [0.15, 0.2) is 65.9 Å². The lowest BCUT2D eigenvalue weighted by atomic mass is 9.95. The Hall–Kier alpha value is -2.78. The summed E-state index contributed by atoms with van der Waals surface area (Å²) in [6.07, 6.45) is -1.45. The van der Waals surface area contributed by atoms with Crippen molar-refractivity contribution in [2.75, 3.05) is 7.11 Å². The van der Waals surface area contributed by atoms with Crippen LogP contribution in [0.1, 0.15) is 61.4 Å². The number of rotatable bonds is 10. The smallest absolute Gasteiger partial charge is 0.393 e. The molecule has 0 aliphatic heterocycles. The third kappa shape index (κ3) is 7.57. The van der Waals surface area contributed by atoms with Gasteiger partial charge in [0.1, 0.15) is 5.75 Å². The molecule has 0 atom stereocenters. The fraction of sp³-hybridized carbons (Fsp3) is 0.360. The Morgan fingerprint density at radius 2 is 1.60 bits per heavy atom. The quantitative estimate of drug-likeness (QED) is 0.174. The van der Waals surface area contributed by atoms with Crippen LogP contribution in [0.25, 0.3) is 5.57 Å². The van der Waals surface area contributed by atoms with E-state index in [0.29, 0.717) is 23.3 Å².